The number of aromatic nitrogens is 8. The van der Waals surface area contributed by atoms with Crippen molar-refractivity contribution in [1.29, 1.82) is 0 Å². The average molecular weight is 725 g/mol. The first-order valence-electron chi connectivity index (χ1n) is 15.5. The van der Waals surface area contributed by atoms with Crippen molar-refractivity contribution in [3.63, 3.8) is 0 Å². The smallest absolute Gasteiger partial charge is 0.337 e. The number of aldehydes is 1. The summed E-state index contributed by atoms with van der Waals surface area (Å²) in [5.74, 6) is -4.84. The van der Waals surface area contributed by atoms with Crippen LogP contribution in [0.4, 0.5) is 20.2 Å². The first-order chi connectivity index (χ1) is 25.6. The fourth-order valence-corrected chi connectivity index (χ4v) is 4.75. The van der Waals surface area contributed by atoms with Crippen molar-refractivity contribution >= 4 is 35.4 Å². The molecule has 1 unspecified atom stereocenters. The zero-order valence-electron chi connectivity index (χ0n) is 27.4. The first-order valence-corrected chi connectivity index (χ1v) is 15.5. The van der Waals surface area contributed by atoms with Gasteiger partial charge in [0.2, 0.25) is 0 Å². The highest BCUT2D eigenvalue weighted by molar-refractivity contribution is 6.07. The zero-order valence-corrected chi connectivity index (χ0v) is 27.4. The lowest BCUT2D eigenvalue weighted by Crippen LogP contribution is -2.19. The molecule has 2 amide bonds. The van der Waals surface area contributed by atoms with E-state index in [0.717, 1.165) is 18.2 Å². The third-order valence-corrected chi connectivity index (χ3v) is 7.44. The number of aromatic carboxylic acids is 1. The Morgan fingerprint density at radius 2 is 1.38 bits per heavy atom. The molecule has 6 rings (SSSR count). The Morgan fingerprint density at radius 3 is 1.89 bits per heavy atom. The van der Waals surface area contributed by atoms with Crippen molar-refractivity contribution in [2.24, 2.45) is 0 Å². The van der Waals surface area contributed by atoms with E-state index in [4.69, 9.17) is 9.47 Å². The minimum Gasteiger partial charge on any atom is -0.490 e. The van der Waals surface area contributed by atoms with Crippen molar-refractivity contribution in [3.8, 4) is 23.1 Å². The molecule has 268 valence electrons. The van der Waals surface area contributed by atoms with Crippen molar-refractivity contribution in [3.05, 3.63) is 120 Å². The molecule has 19 heteroatoms. The van der Waals surface area contributed by atoms with Crippen LogP contribution < -0.4 is 20.1 Å². The molecule has 2 aromatic carbocycles. The number of hydrogen-bond donors (Lipinski definition) is 3. The molecular weight excluding hydrogens is 698 g/mol. The zero-order chi connectivity index (χ0) is 37.5. The highest BCUT2D eigenvalue weighted by Crippen LogP contribution is 2.29. The number of benzene rings is 2. The summed E-state index contributed by atoms with van der Waals surface area (Å²) in [5.41, 5.74) is -1.25. The van der Waals surface area contributed by atoms with Gasteiger partial charge in [-0.3, -0.25) is 23.5 Å². The molecule has 4 aromatic heterocycles. The van der Waals surface area contributed by atoms with Crippen LogP contribution in [0.3, 0.4) is 0 Å². The van der Waals surface area contributed by atoms with E-state index >= 15 is 0 Å². The molecule has 0 aliphatic carbocycles. The number of nitrogens with one attached hydrogen (secondary N) is 2. The summed E-state index contributed by atoms with van der Waals surface area (Å²) >= 11 is 0. The van der Waals surface area contributed by atoms with Gasteiger partial charge in [0, 0.05) is 48.9 Å². The highest BCUT2D eigenvalue weighted by Gasteiger charge is 2.21. The molecule has 53 heavy (non-hydrogen) atoms. The largest absolute Gasteiger partial charge is 0.490 e. The van der Waals surface area contributed by atoms with Gasteiger partial charge in [0.05, 0.1) is 29.6 Å². The van der Waals surface area contributed by atoms with Crippen LogP contribution in [-0.2, 0) is 0 Å². The van der Waals surface area contributed by atoms with Crippen LogP contribution in [0.1, 0.15) is 55.0 Å². The molecule has 6 aromatic rings. The van der Waals surface area contributed by atoms with E-state index in [1.54, 1.807) is 34.6 Å². The number of carboxylic acids is 1. The van der Waals surface area contributed by atoms with E-state index in [2.05, 4.69) is 41.0 Å². The molecule has 4 heterocycles. The number of anilines is 2. The summed E-state index contributed by atoms with van der Waals surface area (Å²) in [7, 11) is 0. The van der Waals surface area contributed by atoms with E-state index in [1.807, 2.05) is 0 Å². The number of carbonyl (C=O) groups excluding carboxylic acids is 3. The maximum absolute atomic E-state index is 14.9. The van der Waals surface area contributed by atoms with E-state index in [-0.39, 0.29) is 52.9 Å². The fourth-order valence-electron chi connectivity index (χ4n) is 4.75. The van der Waals surface area contributed by atoms with Crippen molar-refractivity contribution < 1.29 is 42.5 Å². The molecule has 0 saturated carbocycles. The minimum atomic E-state index is -1.51. The van der Waals surface area contributed by atoms with E-state index in [9.17, 15) is 33.1 Å². The van der Waals surface area contributed by atoms with Crippen LogP contribution in [-0.4, -0.2) is 81.4 Å². The van der Waals surface area contributed by atoms with E-state index in [0.29, 0.717) is 24.0 Å². The van der Waals surface area contributed by atoms with Gasteiger partial charge in [-0.2, -0.15) is 0 Å². The fraction of sp³-hybridized carbons (Fsp3) is 0.118. The third kappa shape index (κ3) is 8.31. The Bertz CT molecular complexity index is 2270. The quantitative estimate of drug-likeness (QED) is 0.135. The number of carboxylic acid groups (broad SMARTS) is 1. The van der Waals surface area contributed by atoms with Gasteiger partial charge >= 0.3 is 5.97 Å². The van der Waals surface area contributed by atoms with Gasteiger partial charge in [0.15, 0.2) is 52.4 Å². The lowest BCUT2D eigenvalue weighted by Gasteiger charge is -2.18. The molecule has 1 atom stereocenters. The lowest BCUT2D eigenvalue weighted by atomic mass is 10.1. The van der Waals surface area contributed by atoms with Gasteiger partial charge in [-0.25, -0.2) is 23.5 Å². The van der Waals surface area contributed by atoms with Crippen LogP contribution in [0.15, 0.2) is 86.0 Å². The van der Waals surface area contributed by atoms with Gasteiger partial charge in [0.1, 0.15) is 12.7 Å². The Balaban J connectivity index is 1.08. The number of amides is 2. The Morgan fingerprint density at radius 1 is 0.811 bits per heavy atom. The van der Waals surface area contributed by atoms with Gasteiger partial charge in [-0.05, 0) is 43.3 Å². The summed E-state index contributed by atoms with van der Waals surface area (Å²) in [6, 6.07) is 9.55. The lowest BCUT2D eigenvalue weighted by molar-refractivity contribution is 0.0697. The van der Waals surface area contributed by atoms with Crippen molar-refractivity contribution in [2.45, 2.75) is 19.4 Å². The summed E-state index contributed by atoms with van der Waals surface area (Å²) in [5, 5.41) is 30.2. The van der Waals surface area contributed by atoms with Crippen LogP contribution >= 0.6 is 0 Å². The second kappa shape index (κ2) is 15.6. The molecule has 0 saturated heterocycles. The topological polar surface area (TPSA) is 218 Å². The van der Waals surface area contributed by atoms with Gasteiger partial charge in [-0.1, -0.05) is 0 Å². The summed E-state index contributed by atoms with van der Waals surface area (Å²) in [4.78, 5) is 57.1. The van der Waals surface area contributed by atoms with Crippen LogP contribution in [0, 0.1) is 11.6 Å². The SMILES string of the molecule is CC(CCOc1cc(NC(=O)c2ccc(-n3ccnc3)nn2)c(C(=O)O)cc1F)Oc1cc(NC(=O)c2ccc(-n3ccnc3)nn2)c(C=O)cc1F. The number of ether oxygens (including phenoxy) is 2. The van der Waals surface area contributed by atoms with E-state index < -0.39 is 41.1 Å². The summed E-state index contributed by atoms with van der Waals surface area (Å²) < 4.78 is 44.2. The second-order valence-electron chi connectivity index (χ2n) is 11.1. The van der Waals surface area contributed by atoms with Gasteiger partial charge in [0.25, 0.3) is 11.8 Å². The predicted molar refractivity (Wildman–Crippen MR) is 180 cm³/mol. The second-order valence-corrected chi connectivity index (χ2v) is 11.1. The molecule has 0 spiro atoms. The van der Waals surface area contributed by atoms with Crippen LogP contribution in [0.25, 0.3) is 11.6 Å². The number of rotatable bonds is 14. The average Bonchev–Trinajstić information content (AvgIpc) is 3.90. The molecule has 3 N–H and O–H groups in total. The van der Waals surface area contributed by atoms with Gasteiger partial charge in [-0.15, -0.1) is 20.4 Å². The number of halogens is 2. The molecule has 0 aliphatic rings. The van der Waals surface area contributed by atoms with E-state index in [1.165, 1.54) is 43.1 Å². The molecule has 0 aliphatic heterocycles. The predicted octanol–water partition coefficient (Wildman–Crippen LogP) is 4.17. The van der Waals surface area contributed by atoms with Gasteiger partial charge < -0.3 is 25.2 Å². The van der Waals surface area contributed by atoms with Crippen LogP contribution in [0.5, 0.6) is 11.5 Å². The standard InChI is InChI=1S/C34H26F2N10O7/c1-19(53-29-14-26(20(16-47)12-22(29)35)39-32(48)24-2-4-30(43-41-24)45-9-7-37-17-45)6-11-52-28-15-27(21(34(50)51)13-23(28)36)40-33(49)25-3-5-31(44-42-25)46-10-8-38-18-46/h2-5,7-10,12-19H,6,11H2,1H3,(H,39,48)(H,40,49)(H,50,51). The monoisotopic (exact) mass is 724 g/mol. The maximum atomic E-state index is 14.9. The minimum absolute atomic E-state index is 0.0550. The molecular formula is C34H26F2N10O7. The molecule has 0 radical (unpaired) electrons. The maximum Gasteiger partial charge on any atom is 0.337 e. The van der Waals surface area contributed by atoms with Crippen molar-refractivity contribution in [2.75, 3.05) is 17.2 Å². The first kappa shape index (κ1) is 35.4. The third-order valence-electron chi connectivity index (χ3n) is 7.44. The summed E-state index contributed by atoms with van der Waals surface area (Å²) in [6.45, 7) is 1.38. The Kier molecular flexibility index (Phi) is 10.4. The molecule has 0 fully saturated rings. The highest BCUT2D eigenvalue weighted by atomic mass is 19.1. The summed E-state index contributed by atoms with van der Waals surface area (Å²) in [6.07, 6.45) is 9.02. The normalized spacial score (nSPS) is 11.4. The number of carbonyl (C=O) groups is 4. The van der Waals surface area contributed by atoms with Crippen LogP contribution in [0.2, 0.25) is 0 Å². The number of hydrogen-bond acceptors (Lipinski definition) is 12. The Labute approximate surface area is 297 Å². The number of imidazole rings is 2. The molecule has 17 nitrogen and oxygen atoms in total. The Hall–Kier alpha value is -7.44. The van der Waals surface area contributed by atoms with Crippen molar-refractivity contribution in [1.82, 2.24) is 39.5 Å². The number of nitrogens with zero attached hydrogens (tertiary/aromatic N) is 8. The molecule has 0 bridgehead atoms.